The minimum absolute atomic E-state index is 0.349. The second-order valence-corrected chi connectivity index (χ2v) is 4.85. The number of anilines is 1. The summed E-state index contributed by atoms with van der Waals surface area (Å²) in [5, 5.41) is 3.22. The first-order valence-electron chi connectivity index (χ1n) is 7.03. The molecule has 0 spiro atoms. The highest BCUT2D eigenvalue weighted by Gasteiger charge is 2.15. The van der Waals surface area contributed by atoms with Crippen molar-refractivity contribution in [2.24, 2.45) is 5.92 Å². The van der Waals surface area contributed by atoms with Crippen LogP contribution in [-0.2, 0) is 9.47 Å². The Morgan fingerprint density at radius 2 is 2.25 bits per heavy atom. The van der Waals surface area contributed by atoms with E-state index in [-0.39, 0.29) is 5.97 Å². The summed E-state index contributed by atoms with van der Waals surface area (Å²) in [6, 6.07) is 0. The molecule has 0 aromatic carbocycles. The van der Waals surface area contributed by atoms with E-state index in [9.17, 15) is 4.79 Å². The molecule has 0 aliphatic carbocycles. The Morgan fingerprint density at radius 1 is 1.50 bits per heavy atom. The predicted octanol–water partition coefficient (Wildman–Crippen LogP) is 1.80. The number of esters is 1. The van der Waals surface area contributed by atoms with Crippen molar-refractivity contribution in [3.05, 3.63) is 17.5 Å². The number of aromatic nitrogens is 2. The number of carbonyl (C=O) groups is 1. The van der Waals surface area contributed by atoms with Crippen molar-refractivity contribution in [1.29, 1.82) is 0 Å². The lowest BCUT2D eigenvalue weighted by atomic mass is 10.0. The molecule has 1 aromatic heterocycles. The van der Waals surface area contributed by atoms with Gasteiger partial charge in [0, 0.05) is 26.0 Å². The van der Waals surface area contributed by atoms with Crippen molar-refractivity contribution < 1.29 is 14.3 Å². The number of hydrogen-bond acceptors (Lipinski definition) is 6. The summed E-state index contributed by atoms with van der Waals surface area (Å²) in [7, 11) is 0. The van der Waals surface area contributed by atoms with Crippen LogP contribution in [0, 0.1) is 12.8 Å². The van der Waals surface area contributed by atoms with Crippen LogP contribution in [0.15, 0.2) is 6.20 Å². The minimum Gasteiger partial charge on any atom is -0.462 e. The smallest absolute Gasteiger partial charge is 0.341 e. The van der Waals surface area contributed by atoms with Crippen LogP contribution < -0.4 is 5.32 Å². The van der Waals surface area contributed by atoms with Crippen LogP contribution >= 0.6 is 0 Å². The van der Waals surface area contributed by atoms with E-state index in [1.807, 2.05) is 0 Å². The Bertz CT molecular complexity index is 459. The molecule has 6 nitrogen and oxygen atoms in total. The van der Waals surface area contributed by atoms with Crippen molar-refractivity contribution in [3.8, 4) is 0 Å². The number of hydrogen-bond donors (Lipinski definition) is 1. The normalized spacial score (nSPS) is 15.9. The number of nitrogens with one attached hydrogen (secondary N) is 1. The average Bonchev–Trinajstić information content (AvgIpc) is 2.46. The van der Waals surface area contributed by atoms with Gasteiger partial charge in [-0.05, 0) is 32.6 Å². The number of aryl methyl sites for hydroxylation is 1. The maximum atomic E-state index is 11.6. The molecular weight excluding hydrogens is 258 g/mol. The van der Waals surface area contributed by atoms with Gasteiger partial charge in [-0.25, -0.2) is 14.8 Å². The molecule has 1 saturated heterocycles. The Hall–Kier alpha value is -1.69. The third-order valence-electron chi connectivity index (χ3n) is 3.36. The lowest BCUT2D eigenvalue weighted by Crippen LogP contribution is -2.23. The predicted molar refractivity (Wildman–Crippen MR) is 74.8 cm³/mol. The Balaban J connectivity index is 1.92. The molecule has 6 heteroatoms. The maximum Gasteiger partial charge on any atom is 0.341 e. The topological polar surface area (TPSA) is 73.3 Å². The third kappa shape index (κ3) is 3.90. The Labute approximate surface area is 118 Å². The van der Waals surface area contributed by atoms with Gasteiger partial charge in [-0.15, -0.1) is 0 Å². The Kier molecular flexibility index (Phi) is 5.29. The van der Waals surface area contributed by atoms with Crippen molar-refractivity contribution in [2.45, 2.75) is 26.7 Å². The summed E-state index contributed by atoms with van der Waals surface area (Å²) in [5.74, 6) is 0.778. The third-order valence-corrected chi connectivity index (χ3v) is 3.36. The number of rotatable bonds is 5. The van der Waals surface area contributed by atoms with Crippen LogP contribution in [0.1, 0.15) is 35.8 Å². The first-order chi connectivity index (χ1) is 9.70. The van der Waals surface area contributed by atoms with Crippen LogP contribution in [0.4, 0.5) is 5.95 Å². The summed E-state index contributed by atoms with van der Waals surface area (Å²) >= 11 is 0. The van der Waals surface area contributed by atoms with Gasteiger partial charge in [-0.2, -0.15) is 0 Å². The number of ether oxygens (including phenoxy) is 2. The van der Waals surface area contributed by atoms with Crippen LogP contribution in [0.5, 0.6) is 0 Å². The van der Waals surface area contributed by atoms with Crippen molar-refractivity contribution in [1.82, 2.24) is 9.97 Å². The molecule has 1 aliphatic heterocycles. The van der Waals surface area contributed by atoms with Crippen LogP contribution in [0.25, 0.3) is 0 Å². The van der Waals surface area contributed by atoms with Gasteiger partial charge in [0.1, 0.15) is 0 Å². The van der Waals surface area contributed by atoms with Crippen LogP contribution in [0.2, 0.25) is 0 Å². The molecule has 1 fully saturated rings. The van der Waals surface area contributed by atoms with E-state index >= 15 is 0 Å². The summed E-state index contributed by atoms with van der Waals surface area (Å²) in [6.07, 6.45) is 3.65. The van der Waals surface area contributed by atoms with E-state index in [0.717, 1.165) is 32.6 Å². The zero-order valence-electron chi connectivity index (χ0n) is 12.0. The summed E-state index contributed by atoms with van der Waals surface area (Å²) in [4.78, 5) is 20.1. The van der Waals surface area contributed by atoms with E-state index in [1.165, 1.54) is 6.20 Å². The molecule has 2 rings (SSSR count). The lowest BCUT2D eigenvalue weighted by molar-refractivity contribution is 0.0524. The van der Waals surface area contributed by atoms with Gasteiger partial charge in [0.2, 0.25) is 5.95 Å². The highest BCUT2D eigenvalue weighted by Crippen LogP contribution is 2.15. The molecule has 0 unspecified atom stereocenters. The van der Waals surface area contributed by atoms with E-state index in [0.29, 0.717) is 29.7 Å². The molecule has 110 valence electrons. The molecule has 0 atom stereocenters. The van der Waals surface area contributed by atoms with Gasteiger partial charge in [-0.1, -0.05) is 0 Å². The monoisotopic (exact) mass is 279 g/mol. The van der Waals surface area contributed by atoms with E-state index in [4.69, 9.17) is 9.47 Å². The second kappa shape index (κ2) is 7.19. The van der Waals surface area contributed by atoms with E-state index in [1.54, 1.807) is 13.8 Å². The fraction of sp³-hybridized carbons (Fsp3) is 0.643. The van der Waals surface area contributed by atoms with Gasteiger partial charge in [0.05, 0.1) is 17.9 Å². The summed E-state index contributed by atoms with van der Waals surface area (Å²) in [5.41, 5.74) is 1.05. The molecule has 1 N–H and O–H groups in total. The van der Waals surface area contributed by atoms with Crippen LogP contribution in [-0.4, -0.2) is 42.3 Å². The van der Waals surface area contributed by atoms with Crippen molar-refractivity contribution in [3.63, 3.8) is 0 Å². The molecule has 0 radical (unpaired) electrons. The SMILES string of the molecule is CCOC(=O)c1cnc(NCC2CCOCC2)nc1C. The van der Waals surface area contributed by atoms with Gasteiger partial charge in [0.25, 0.3) is 0 Å². The van der Waals surface area contributed by atoms with E-state index in [2.05, 4.69) is 15.3 Å². The van der Waals surface area contributed by atoms with Gasteiger partial charge in [0.15, 0.2) is 0 Å². The van der Waals surface area contributed by atoms with Gasteiger partial charge in [-0.3, -0.25) is 0 Å². The van der Waals surface area contributed by atoms with Gasteiger partial charge >= 0.3 is 5.97 Å². The summed E-state index contributed by atoms with van der Waals surface area (Å²) < 4.78 is 10.3. The Morgan fingerprint density at radius 3 is 2.90 bits per heavy atom. The standard InChI is InChI=1S/C14H21N3O3/c1-3-20-13(18)12-9-16-14(17-10(12)2)15-8-11-4-6-19-7-5-11/h9,11H,3-8H2,1-2H3,(H,15,16,17). The lowest BCUT2D eigenvalue weighted by Gasteiger charge is -2.22. The molecular formula is C14H21N3O3. The second-order valence-electron chi connectivity index (χ2n) is 4.85. The molecule has 0 bridgehead atoms. The number of carbonyl (C=O) groups excluding carboxylic acids is 1. The number of nitrogens with zero attached hydrogens (tertiary/aromatic N) is 2. The molecule has 1 aromatic rings. The average molecular weight is 279 g/mol. The quantitative estimate of drug-likeness (QED) is 0.829. The fourth-order valence-electron chi connectivity index (χ4n) is 2.15. The highest BCUT2D eigenvalue weighted by molar-refractivity contribution is 5.90. The largest absolute Gasteiger partial charge is 0.462 e. The van der Waals surface area contributed by atoms with Gasteiger partial charge < -0.3 is 14.8 Å². The first kappa shape index (κ1) is 14.7. The molecule has 20 heavy (non-hydrogen) atoms. The molecule has 2 heterocycles. The van der Waals surface area contributed by atoms with E-state index < -0.39 is 0 Å². The highest BCUT2D eigenvalue weighted by atomic mass is 16.5. The van der Waals surface area contributed by atoms with Crippen LogP contribution in [0.3, 0.4) is 0 Å². The zero-order valence-corrected chi connectivity index (χ0v) is 12.0. The van der Waals surface area contributed by atoms with Crippen molar-refractivity contribution >= 4 is 11.9 Å². The maximum absolute atomic E-state index is 11.6. The van der Waals surface area contributed by atoms with Crippen molar-refractivity contribution in [2.75, 3.05) is 31.7 Å². The fourth-order valence-corrected chi connectivity index (χ4v) is 2.15. The molecule has 1 aliphatic rings. The first-order valence-corrected chi connectivity index (χ1v) is 7.03. The minimum atomic E-state index is -0.374. The zero-order chi connectivity index (χ0) is 14.4. The summed E-state index contributed by atoms with van der Waals surface area (Å²) in [6.45, 7) is 6.40. The molecule has 0 amide bonds. The molecule has 0 saturated carbocycles.